The van der Waals surface area contributed by atoms with Crippen LogP contribution in [0.2, 0.25) is 5.02 Å². The van der Waals surface area contributed by atoms with Gasteiger partial charge in [0.05, 0.1) is 23.0 Å². The molecule has 0 aliphatic carbocycles. The van der Waals surface area contributed by atoms with Crippen LogP contribution in [-0.4, -0.2) is 21.0 Å². The maximum Gasteiger partial charge on any atom is 0.335 e. The van der Waals surface area contributed by atoms with Crippen molar-refractivity contribution in [2.75, 3.05) is 0 Å². The maximum absolute atomic E-state index is 10.7. The zero-order valence-corrected chi connectivity index (χ0v) is 9.26. The van der Waals surface area contributed by atoms with Crippen molar-refractivity contribution in [1.29, 1.82) is 0 Å². The normalized spacial score (nSPS) is 9.94. The number of halogens is 1. The van der Waals surface area contributed by atoms with E-state index in [4.69, 9.17) is 21.4 Å². The fourth-order valence-electron chi connectivity index (χ4n) is 1.15. The second-order valence-electron chi connectivity index (χ2n) is 3.12. The van der Waals surface area contributed by atoms with Crippen molar-refractivity contribution in [2.24, 2.45) is 0 Å². The number of rotatable bonds is 3. The Morgan fingerprint density at radius 2 is 2.00 bits per heavy atom. The molecule has 86 valence electrons. The molecule has 6 heteroatoms. The van der Waals surface area contributed by atoms with Crippen molar-refractivity contribution in [2.45, 2.75) is 0 Å². The summed E-state index contributed by atoms with van der Waals surface area (Å²) in [5.74, 6) is -0.667. The molecule has 2 rings (SSSR count). The summed E-state index contributed by atoms with van der Waals surface area (Å²) < 4.78 is 5.28. The van der Waals surface area contributed by atoms with E-state index in [0.717, 1.165) is 0 Å². The SMILES string of the molecule is O=C(O)c1cccc(Oc2ncc(Cl)cn2)c1. The van der Waals surface area contributed by atoms with Gasteiger partial charge in [0.15, 0.2) is 0 Å². The zero-order chi connectivity index (χ0) is 12.3. The number of carboxylic acid groups (broad SMARTS) is 1. The van der Waals surface area contributed by atoms with Gasteiger partial charge in [-0.1, -0.05) is 17.7 Å². The average molecular weight is 251 g/mol. The lowest BCUT2D eigenvalue weighted by Crippen LogP contribution is -1.97. The molecule has 1 aromatic heterocycles. The molecule has 0 fully saturated rings. The number of aromatic carboxylic acids is 1. The molecule has 0 saturated heterocycles. The van der Waals surface area contributed by atoms with Crippen LogP contribution in [0.15, 0.2) is 36.7 Å². The molecule has 17 heavy (non-hydrogen) atoms. The lowest BCUT2D eigenvalue weighted by molar-refractivity contribution is 0.0696. The third-order valence-corrected chi connectivity index (χ3v) is 2.08. The Morgan fingerprint density at radius 3 is 2.65 bits per heavy atom. The molecule has 0 bridgehead atoms. The summed E-state index contributed by atoms with van der Waals surface area (Å²) in [6, 6.07) is 6.16. The lowest BCUT2D eigenvalue weighted by atomic mass is 10.2. The molecular weight excluding hydrogens is 244 g/mol. The Bertz CT molecular complexity index is 543. The van der Waals surface area contributed by atoms with Crippen LogP contribution in [0, 0.1) is 0 Å². The van der Waals surface area contributed by atoms with E-state index in [1.165, 1.54) is 24.5 Å². The highest BCUT2D eigenvalue weighted by molar-refractivity contribution is 6.30. The van der Waals surface area contributed by atoms with Gasteiger partial charge in [0.2, 0.25) is 0 Å². The topological polar surface area (TPSA) is 72.3 Å². The molecule has 1 aromatic carbocycles. The van der Waals surface area contributed by atoms with Gasteiger partial charge in [0.1, 0.15) is 5.75 Å². The summed E-state index contributed by atoms with van der Waals surface area (Å²) in [5, 5.41) is 9.21. The Morgan fingerprint density at radius 1 is 1.29 bits per heavy atom. The van der Waals surface area contributed by atoms with Crippen molar-refractivity contribution < 1.29 is 14.6 Å². The van der Waals surface area contributed by atoms with E-state index in [0.29, 0.717) is 10.8 Å². The number of aromatic nitrogens is 2. The summed E-state index contributed by atoms with van der Waals surface area (Å²) in [5.41, 5.74) is 0.136. The molecular formula is C11H7ClN2O3. The number of ether oxygens (including phenoxy) is 1. The highest BCUT2D eigenvalue weighted by Gasteiger charge is 2.05. The van der Waals surface area contributed by atoms with Gasteiger partial charge in [0.25, 0.3) is 0 Å². The molecule has 0 atom stereocenters. The van der Waals surface area contributed by atoms with E-state index in [1.54, 1.807) is 12.1 Å². The quantitative estimate of drug-likeness (QED) is 0.907. The number of carbonyl (C=O) groups is 1. The van der Waals surface area contributed by atoms with Crippen molar-refractivity contribution in [3.63, 3.8) is 0 Å². The molecule has 0 spiro atoms. The van der Waals surface area contributed by atoms with Gasteiger partial charge in [-0.2, -0.15) is 0 Å². The molecule has 1 N–H and O–H groups in total. The first-order chi connectivity index (χ1) is 8.15. The summed E-state index contributed by atoms with van der Waals surface area (Å²) in [6.07, 6.45) is 2.79. The first-order valence-electron chi connectivity index (χ1n) is 4.64. The third-order valence-electron chi connectivity index (χ3n) is 1.89. The van der Waals surface area contributed by atoms with Crippen molar-refractivity contribution in [3.05, 3.63) is 47.2 Å². The molecule has 0 aliphatic rings. The number of nitrogens with zero attached hydrogens (tertiary/aromatic N) is 2. The van der Waals surface area contributed by atoms with Crippen LogP contribution in [-0.2, 0) is 0 Å². The van der Waals surface area contributed by atoms with Gasteiger partial charge in [-0.15, -0.1) is 0 Å². The molecule has 1 heterocycles. The number of hydrogen-bond donors (Lipinski definition) is 1. The van der Waals surface area contributed by atoms with Gasteiger partial charge >= 0.3 is 12.0 Å². The van der Waals surface area contributed by atoms with E-state index in [9.17, 15) is 4.79 Å². The van der Waals surface area contributed by atoms with Crippen LogP contribution >= 0.6 is 11.6 Å². The molecule has 0 amide bonds. The fraction of sp³-hybridized carbons (Fsp3) is 0. The van der Waals surface area contributed by atoms with E-state index in [1.807, 2.05) is 0 Å². The Balaban J connectivity index is 2.21. The Kier molecular flexibility index (Phi) is 3.20. The maximum atomic E-state index is 10.7. The van der Waals surface area contributed by atoms with Crippen molar-refractivity contribution in [3.8, 4) is 11.8 Å². The minimum absolute atomic E-state index is 0.108. The van der Waals surface area contributed by atoms with Gasteiger partial charge in [-0.3, -0.25) is 0 Å². The Labute approximate surface area is 102 Å². The highest BCUT2D eigenvalue weighted by Crippen LogP contribution is 2.19. The number of benzene rings is 1. The molecule has 0 radical (unpaired) electrons. The van der Waals surface area contributed by atoms with Crippen LogP contribution in [0.4, 0.5) is 0 Å². The van der Waals surface area contributed by atoms with E-state index < -0.39 is 5.97 Å². The summed E-state index contributed by atoms with van der Waals surface area (Å²) in [4.78, 5) is 18.4. The molecule has 0 aliphatic heterocycles. The standard InChI is InChI=1S/C11H7ClN2O3/c12-8-5-13-11(14-6-8)17-9-3-1-2-7(4-9)10(15)16/h1-6H,(H,15,16). The van der Waals surface area contributed by atoms with Crippen molar-refractivity contribution in [1.82, 2.24) is 9.97 Å². The zero-order valence-electron chi connectivity index (χ0n) is 8.50. The van der Waals surface area contributed by atoms with Gasteiger partial charge in [-0.25, -0.2) is 14.8 Å². The summed E-state index contributed by atoms with van der Waals surface area (Å²) in [7, 11) is 0. The highest BCUT2D eigenvalue weighted by atomic mass is 35.5. The first kappa shape index (κ1) is 11.3. The third kappa shape index (κ3) is 2.92. The number of hydrogen-bond acceptors (Lipinski definition) is 4. The van der Waals surface area contributed by atoms with Crippen LogP contribution in [0.1, 0.15) is 10.4 Å². The summed E-state index contributed by atoms with van der Waals surface area (Å²) in [6.45, 7) is 0. The molecule has 5 nitrogen and oxygen atoms in total. The minimum atomic E-state index is -1.02. The van der Waals surface area contributed by atoms with Crippen LogP contribution in [0.3, 0.4) is 0 Å². The number of carboxylic acids is 1. The predicted octanol–water partition coefficient (Wildman–Crippen LogP) is 2.62. The lowest BCUT2D eigenvalue weighted by Gasteiger charge is -2.03. The van der Waals surface area contributed by atoms with Crippen LogP contribution in [0.5, 0.6) is 11.8 Å². The van der Waals surface area contributed by atoms with Crippen molar-refractivity contribution >= 4 is 17.6 Å². The van der Waals surface area contributed by atoms with Gasteiger partial charge in [0, 0.05) is 0 Å². The van der Waals surface area contributed by atoms with Gasteiger partial charge < -0.3 is 9.84 Å². The smallest absolute Gasteiger partial charge is 0.335 e. The van der Waals surface area contributed by atoms with Gasteiger partial charge in [-0.05, 0) is 18.2 Å². The average Bonchev–Trinajstić information content (AvgIpc) is 2.32. The van der Waals surface area contributed by atoms with E-state index >= 15 is 0 Å². The first-order valence-corrected chi connectivity index (χ1v) is 5.02. The second kappa shape index (κ2) is 4.80. The van der Waals surface area contributed by atoms with Crippen LogP contribution < -0.4 is 4.74 Å². The molecule has 0 unspecified atom stereocenters. The molecule has 0 saturated carbocycles. The molecule has 2 aromatic rings. The largest absolute Gasteiger partial charge is 0.478 e. The minimum Gasteiger partial charge on any atom is -0.478 e. The second-order valence-corrected chi connectivity index (χ2v) is 3.56. The van der Waals surface area contributed by atoms with Crippen LogP contribution in [0.25, 0.3) is 0 Å². The van der Waals surface area contributed by atoms with E-state index in [2.05, 4.69) is 9.97 Å². The summed E-state index contributed by atoms with van der Waals surface area (Å²) >= 11 is 5.62. The monoisotopic (exact) mass is 250 g/mol. The van der Waals surface area contributed by atoms with E-state index in [-0.39, 0.29) is 11.6 Å². The Hall–Kier alpha value is -2.14. The predicted molar refractivity (Wildman–Crippen MR) is 60.5 cm³/mol. The fourth-order valence-corrected chi connectivity index (χ4v) is 1.25.